The third-order valence-corrected chi connectivity index (χ3v) is 0.918. The molecule has 0 heterocycles. The van der Waals surface area contributed by atoms with Crippen LogP contribution in [0, 0.1) is 0 Å². The van der Waals surface area contributed by atoms with Crippen molar-refractivity contribution in [1.29, 1.82) is 0 Å². The van der Waals surface area contributed by atoms with Crippen molar-refractivity contribution in [2.24, 2.45) is 5.73 Å². The Hall–Kier alpha value is -1.19. The van der Waals surface area contributed by atoms with Crippen LogP contribution in [0.15, 0.2) is 12.0 Å². The van der Waals surface area contributed by atoms with Crippen LogP contribution in [0.1, 0.15) is 20.8 Å². The normalized spacial score (nSPS) is 11.5. The minimum Gasteiger partial charge on any atom is -0.476 e. The van der Waals surface area contributed by atoms with E-state index in [-0.39, 0.29) is 12.0 Å². The molecule has 70 valence electrons. The molecule has 4 nitrogen and oxygen atoms in total. The first-order chi connectivity index (χ1) is 5.56. The summed E-state index contributed by atoms with van der Waals surface area (Å²) in [6.07, 6.45) is 1.10. The van der Waals surface area contributed by atoms with Crippen LogP contribution in [0.3, 0.4) is 0 Å². The van der Waals surface area contributed by atoms with Gasteiger partial charge in [-0.1, -0.05) is 0 Å². The number of ether oxygens (including phenoxy) is 2. The SMILES string of the molecule is CCOC(=O)/C=C(/N)OC(C)C. The Bertz CT molecular complexity index is 175. The van der Waals surface area contributed by atoms with Crippen LogP contribution in [-0.2, 0) is 14.3 Å². The zero-order chi connectivity index (χ0) is 9.56. The average Bonchev–Trinajstić information content (AvgIpc) is 1.84. The molecular formula is C8H15NO3. The molecule has 0 aliphatic carbocycles. The molecule has 12 heavy (non-hydrogen) atoms. The van der Waals surface area contributed by atoms with Gasteiger partial charge in [0.2, 0.25) is 0 Å². The van der Waals surface area contributed by atoms with Crippen molar-refractivity contribution in [3.8, 4) is 0 Å². The van der Waals surface area contributed by atoms with Crippen LogP contribution in [0.4, 0.5) is 0 Å². The van der Waals surface area contributed by atoms with E-state index in [4.69, 9.17) is 10.5 Å². The van der Waals surface area contributed by atoms with Crippen molar-refractivity contribution in [3.05, 3.63) is 12.0 Å². The van der Waals surface area contributed by atoms with Gasteiger partial charge in [0.1, 0.15) is 0 Å². The molecule has 0 amide bonds. The number of carbonyl (C=O) groups is 1. The highest BCUT2D eigenvalue weighted by Crippen LogP contribution is 1.95. The van der Waals surface area contributed by atoms with Crippen LogP contribution in [0.5, 0.6) is 0 Å². The van der Waals surface area contributed by atoms with E-state index in [0.29, 0.717) is 6.61 Å². The molecule has 0 atom stereocenters. The minimum atomic E-state index is -0.476. The molecule has 0 aliphatic rings. The highest BCUT2D eigenvalue weighted by Gasteiger charge is 2.00. The van der Waals surface area contributed by atoms with Crippen LogP contribution in [-0.4, -0.2) is 18.7 Å². The second kappa shape index (κ2) is 5.46. The highest BCUT2D eigenvalue weighted by atomic mass is 16.5. The van der Waals surface area contributed by atoms with E-state index >= 15 is 0 Å². The molecule has 0 saturated carbocycles. The molecule has 0 fully saturated rings. The summed E-state index contributed by atoms with van der Waals surface area (Å²) < 4.78 is 9.62. The molecule has 0 unspecified atom stereocenters. The molecule has 0 saturated heterocycles. The topological polar surface area (TPSA) is 61.5 Å². The number of carbonyl (C=O) groups excluding carboxylic acids is 1. The fourth-order valence-electron chi connectivity index (χ4n) is 0.606. The van der Waals surface area contributed by atoms with Gasteiger partial charge in [-0.25, -0.2) is 4.79 Å². The monoisotopic (exact) mass is 173 g/mol. The quantitative estimate of drug-likeness (QED) is 0.387. The Kier molecular flexibility index (Phi) is 4.92. The molecule has 2 N–H and O–H groups in total. The molecule has 4 heteroatoms. The Labute approximate surface area is 72.3 Å². The van der Waals surface area contributed by atoms with Gasteiger partial charge in [0, 0.05) is 0 Å². The minimum absolute atomic E-state index is 0.0318. The maximum Gasteiger partial charge on any atom is 0.336 e. The van der Waals surface area contributed by atoms with E-state index in [9.17, 15) is 4.79 Å². The molecule has 0 aliphatic heterocycles. The smallest absolute Gasteiger partial charge is 0.336 e. The number of rotatable bonds is 4. The van der Waals surface area contributed by atoms with E-state index in [1.54, 1.807) is 6.92 Å². The lowest BCUT2D eigenvalue weighted by atomic mass is 10.5. The van der Waals surface area contributed by atoms with E-state index in [1.165, 1.54) is 0 Å². The van der Waals surface area contributed by atoms with E-state index < -0.39 is 5.97 Å². The summed E-state index contributed by atoms with van der Waals surface area (Å²) in [5.74, 6) is -0.390. The van der Waals surface area contributed by atoms with Gasteiger partial charge in [0.15, 0.2) is 5.88 Å². The summed E-state index contributed by atoms with van der Waals surface area (Å²) in [4.78, 5) is 10.8. The first-order valence-corrected chi connectivity index (χ1v) is 3.86. The summed E-state index contributed by atoms with van der Waals surface area (Å²) in [5.41, 5.74) is 5.34. The Balaban J connectivity index is 3.89. The second-order valence-corrected chi connectivity index (χ2v) is 2.47. The Morgan fingerprint density at radius 1 is 1.58 bits per heavy atom. The van der Waals surface area contributed by atoms with Gasteiger partial charge >= 0.3 is 5.97 Å². The average molecular weight is 173 g/mol. The standard InChI is InChI=1S/C8H15NO3/c1-4-11-8(10)5-7(9)12-6(2)3/h5-6H,4,9H2,1-3H3/b7-5-. The van der Waals surface area contributed by atoms with Gasteiger partial charge in [-0.15, -0.1) is 0 Å². The lowest BCUT2D eigenvalue weighted by molar-refractivity contribution is -0.137. The fourth-order valence-corrected chi connectivity index (χ4v) is 0.606. The second-order valence-electron chi connectivity index (χ2n) is 2.47. The van der Waals surface area contributed by atoms with Crippen molar-refractivity contribution in [1.82, 2.24) is 0 Å². The molecule has 0 aromatic carbocycles. The third-order valence-electron chi connectivity index (χ3n) is 0.918. The summed E-state index contributed by atoms with van der Waals surface area (Å²) in [6.45, 7) is 5.72. The lowest BCUT2D eigenvalue weighted by Gasteiger charge is -2.08. The van der Waals surface area contributed by atoms with Crippen LogP contribution in [0.2, 0.25) is 0 Å². The number of esters is 1. The molecule has 0 bridgehead atoms. The zero-order valence-electron chi connectivity index (χ0n) is 7.66. The van der Waals surface area contributed by atoms with Gasteiger partial charge in [0.25, 0.3) is 0 Å². The Morgan fingerprint density at radius 2 is 2.17 bits per heavy atom. The summed E-state index contributed by atoms with van der Waals surface area (Å²) in [7, 11) is 0. The van der Waals surface area contributed by atoms with Crippen molar-refractivity contribution in [3.63, 3.8) is 0 Å². The van der Waals surface area contributed by atoms with Crippen LogP contribution in [0.25, 0.3) is 0 Å². The van der Waals surface area contributed by atoms with Gasteiger partial charge in [-0.2, -0.15) is 0 Å². The number of nitrogens with two attached hydrogens (primary N) is 1. The van der Waals surface area contributed by atoms with Gasteiger partial charge in [-0.3, -0.25) is 0 Å². The van der Waals surface area contributed by atoms with Crippen LogP contribution >= 0.6 is 0 Å². The fraction of sp³-hybridized carbons (Fsp3) is 0.625. The predicted octanol–water partition coefficient (Wildman–Crippen LogP) is 0.775. The van der Waals surface area contributed by atoms with E-state index in [1.807, 2.05) is 13.8 Å². The molecule has 0 spiro atoms. The summed E-state index contributed by atoms with van der Waals surface area (Å²) in [5, 5.41) is 0. The van der Waals surface area contributed by atoms with Crippen molar-refractivity contribution < 1.29 is 14.3 Å². The maximum absolute atomic E-state index is 10.8. The molecule has 0 radical (unpaired) electrons. The molecular weight excluding hydrogens is 158 g/mol. The molecule has 0 rings (SSSR count). The predicted molar refractivity (Wildman–Crippen MR) is 45.1 cm³/mol. The van der Waals surface area contributed by atoms with Crippen LogP contribution < -0.4 is 5.73 Å². The van der Waals surface area contributed by atoms with Gasteiger partial charge < -0.3 is 15.2 Å². The number of hydrogen-bond acceptors (Lipinski definition) is 4. The number of hydrogen-bond donors (Lipinski definition) is 1. The van der Waals surface area contributed by atoms with Gasteiger partial charge in [-0.05, 0) is 20.8 Å². The Morgan fingerprint density at radius 3 is 2.58 bits per heavy atom. The van der Waals surface area contributed by atoms with Crippen molar-refractivity contribution in [2.75, 3.05) is 6.61 Å². The lowest BCUT2D eigenvalue weighted by Crippen LogP contribution is -2.12. The highest BCUT2D eigenvalue weighted by molar-refractivity contribution is 5.82. The van der Waals surface area contributed by atoms with Crippen molar-refractivity contribution in [2.45, 2.75) is 26.9 Å². The van der Waals surface area contributed by atoms with E-state index in [2.05, 4.69) is 4.74 Å². The molecule has 0 aromatic heterocycles. The van der Waals surface area contributed by atoms with Crippen molar-refractivity contribution >= 4 is 5.97 Å². The maximum atomic E-state index is 10.8. The van der Waals surface area contributed by atoms with E-state index in [0.717, 1.165) is 6.08 Å². The van der Waals surface area contributed by atoms with Gasteiger partial charge in [0.05, 0.1) is 18.8 Å². The molecule has 0 aromatic rings. The third kappa shape index (κ3) is 5.58. The zero-order valence-corrected chi connectivity index (χ0v) is 7.66. The first-order valence-electron chi connectivity index (χ1n) is 3.86. The first kappa shape index (κ1) is 10.8. The summed E-state index contributed by atoms with van der Waals surface area (Å²) >= 11 is 0. The summed E-state index contributed by atoms with van der Waals surface area (Å²) in [6, 6.07) is 0. The largest absolute Gasteiger partial charge is 0.476 e.